The van der Waals surface area contributed by atoms with Crippen LogP contribution in [-0.2, 0) is 18.8 Å². The van der Waals surface area contributed by atoms with Crippen LogP contribution in [-0.4, -0.2) is 4.05 Å². The number of benzene rings is 1. The lowest BCUT2D eigenvalue weighted by atomic mass is 10.1. The lowest BCUT2D eigenvalue weighted by molar-refractivity contribution is -0.387. The van der Waals surface area contributed by atoms with Gasteiger partial charge in [0.25, 0.3) is 0 Å². The normalized spacial score (nSPS) is 13.7. The lowest BCUT2D eigenvalue weighted by Gasteiger charge is -2.00. The molecule has 2 nitrogen and oxygen atoms in total. The summed E-state index contributed by atoms with van der Waals surface area (Å²) in [6.45, 7) is 0. The highest BCUT2D eigenvalue weighted by atomic mass is 35.5. The quantitative estimate of drug-likeness (QED) is 0.665. The fraction of sp³-hybridized carbons (Fsp3) is 0.111. The van der Waals surface area contributed by atoms with Crippen LogP contribution in [0.4, 0.5) is 5.69 Å². The van der Waals surface area contributed by atoms with Crippen LogP contribution in [0.15, 0.2) is 36.5 Å². The van der Waals surface area contributed by atoms with Crippen LogP contribution in [0.3, 0.4) is 0 Å². The second-order valence-corrected chi connectivity index (χ2v) is 3.08. The third-order valence-electron chi connectivity index (χ3n) is 1.83. The molecule has 1 aliphatic heterocycles. The summed E-state index contributed by atoms with van der Waals surface area (Å²) >= 11 is 4.99. The second kappa shape index (κ2) is 4.35. The minimum atomic E-state index is 0. The largest absolute Gasteiger partial charge is 0.304 e. The number of hydrogen-bond donors (Lipinski definition) is 1. The number of nitrogens with zero attached hydrogens (tertiary/aromatic N) is 1. The van der Waals surface area contributed by atoms with Gasteiger partial charge in [0.05, 0.1) is 0 Å². The fourth-order valence-corrected chi connectivity index (χ4v) is 1.42. The van der Waals surface area contributed by atoms with Gasteiger partial charge in [-0.3, -0.25) is 0 Å². The third-order valence-corrected chi connectivity index (χ3v) is 2.04. The van der Waals surface area contributed by atoms with Gasteiger partial charge in [-0.1, -0.05) is 18.2 Å². The second-order valence-electron chi connectivity index (χ2n) is 2.68. The molecule has 1 aromatic carbocycles. The molecular weight excluding hydrogens is 204 g/mol. The molecule has 0 bridgehead atoms. The summed E-state index contributed by atoms with van der Waals surface area (Å²) < 4.78 is 1.55. The summed E-state index contributed by atoms with van der Waals surface area (Å²) in [7, 11) is 0. The monoisotopic (exact) mass is 213 g/mol. The first kappa shape index (κ1) is 10.2. The van der Waals surface area contributed by atoms with E-state index in [0.29, 0.717) is 0 Å². The van der Waals surface area contributed by atoms with Gasteiger partial charge in [0, 0.05) is 0 Å². The van der Waals surface area contributed by atoms with Crippen molar-refractivity contribution in [2.75, 3.05) is 5.43 Å². The summed E-state index contributed by atoms with van der Waals surface area (Å²) in [4.78, 5) is 0. The minimum absolute atomic E-state index is 0. The van der Waals surface area contributed by atoms with Crippen molar-refractivity contribution in [1.82, 2.24) is 0 Å². The smallest absolute Gasteiger partial charge is 0.147 e. The molecular formula is C9H10ClN2S+. The molecule has 0 fully saturated rings. The highest BCUT2D eigenvalue weighted by Crippen LogP contribution is 2.17. The van der Waals surface area contributed by atoms with E-state index in [-0.39, 0.29) is 12.4 Å². The van der Waals surface area contributed by atoms with Gasteiger partial charge in [0.15, 0.2) is 0 Å². The Hall–Kier alpha value is -0.930. The molecule has 4 heteroatoms. The Morgan fingerprint density at radius 1 is 1.31 bits per heavy atom. The molecule has 0 saturated heterocycles. The van der Waals surface area contributed by atoms with E-state index >= 15 is 0 Å². The molecule has 0 aliphatic carbocycles. The van der Waals surface area contributed by atoms with Crippen molar-refractivity contribution in [3.63, 3.8) is 0 Å². The number of allylic oxidation sites excluding steroid dienone is 1. The molecule has 1 aromatic rings. The van der Waals surface area contributed by atoms with Gasteiger partial charge in [0.2, 0.25) is 6.20 Å². The van der Waals surface area contributed by atoms with Gasteiger partial charge in [-0.15, -0.1) is 17.8 Å². The molecule has 0 atom stereocenters. The van der Waals surface area contributed by atoms with Crippen LogP contribution in [0.5, 0.6) is 0 Å². The maximum Gasteiger partial charge on any atom is 0.304 e. The number of hydrogen-bond acceptors (Lipinski definition) is 1. The maximum atomic E-state index is 4.99. The lowest BCUT2D eigenvalue weighted by Crippen LogP contribution is -2.08. The van der Waals surface area contributed by atoms with E-state index in [1.54, 1.807) is 4.05 Å². The Balaban J connectivity index is 0.000000845. The van der Waals surface area contributed by atoms with E-state index in [1.807, 2.05) is 30.5 Å². The molecule has 0 aromatic heterocycles. The molecule has 2 rings (SSSR count). The van der Waals surface area contributed by atoms with E-state index in [9.17, 15) is 0 Å². The van der Waals surface area contributed by atoms with Gasteiger partial charge < -0.3 is 0 Å². The van der Waals surface area contributed by atoms with Crippen molar-refractivity contribution in [1.29, 1.82) is 0 Å². The molecule has 0 unspecified atom stereocenters. The van der Waals surface area contributed by atoms with Gasteiger partial charge in [-0.05, 0) is 28.2 Å². The number of para-hydroxylation sites is 1. The van der Waals surface area contributed by atoms with Crippen LogP contribution in [0.2, 0.25) is 0 Å². The summed E-state index contributed by atoms with van der Waals surface area (Å²) in [6.07, 6.45) is 4.84. The maximum absolute atomic E-state index is 4.99. The molecule has 1 N–H and O–H groups in total. The molecule has 1 aliphatic rings. The molecule has 68 valence electrons. The topological polar surface area (TPSA) is 15.0 Å². The van der Waals surface area contributed by atoms with E-state index in [0.717, 1.165) is 12.1 Å². The molecule has 0 amide bonds. The zero-order chi connectivity index (χ0) is 8.39. The zero-order valence-electron chi connectivity index (χ0n) is 6.93. The summed E-state index contributed by atoms with van der Waals surface area (Å²) in [5.41, 5.74) is 5.46. The predicted octanol–water partition coefficient (Wildman–Crippen LogP) is 2.25. The first-order valence-electron chi connectivity index (χ1n) is 3.84. The van der Waals surface area contributed by atoms with Crippen LogP contribution < -0.4 is 5.43 Å². The number of rotatable bonds is 0. The summed E-state index contributed by atoms with van der Waals surface area (Å²) in [5, 5.41) is 0. The predicted molar refractivity (Wildman–Crippen MR) is 57.8 cm³/mol. The Bertz CT molecular complexity index is 349. The van der Waals surface area contributed by atoms with E-state index in [1.165, 1.54) is 5.56 Å². The van der Waals surface area contributed by atoms with Crippen molar-refractivity contribution in [3.05, 3.63) is 42.1 Å². The Labute approximate surface area is 88.8 Å². The standard InChI is InChI=1S/C9H9N2S.ClH/c12-11-7-3-5-8-4-1-2-6-9(8)10-11;/h1-4,6-7H,5H2,(H,10,12);1H/q+1;. The first-order chi connectivity index (χ1) is 5.86. The van der Waals surface area contributed by atoms with Gasteiger partial charge in [-0.25, -0.2) is 0 Å². The van der Waals surface area contributed by atoms with Crippen molar-refractivity contribution >= 4 is 30.5 Å². The van der Waals surface area contributed by atoms with E-state index in [4.69, 9.17) is 12.4 Å². The van der Waals surface area contributed by atoms with Gasteiger partial charge >= 0.3 is 12.4 Å². The molecule has 13 heavy (non-hydrogen) atoms. The Morgan fingerprint density at radius 2 is 2.08 bits per heavy atom. The molecule has 0 spiro atoms. The minimum Gasteiger partial charge on any atom is -0.147 e. The van der Waals surface area contributed by atoms with Crippen LogP contribution in [0.1, 0.15) is 5.56 Å². The zero-order valence-corrected chi connectivity index (χ0v) is 8.57. The van der Waals surface area contributed by atoms with Crippen molar-refractivity contribution in [2.24, 2.45) is 0 Å². The number of anilines is 1. The highest BCUT2D eigenvalue weighted by Gasteiger charge is 2.08. The average molecular weight is 214 g/mol. The van der Waals surface area contributed by atoms with Crippen LogP contribution in [0, 0.1) is 0 Å². The Morgan fingerprint density at radius 3 is 2.92 bits per heavy atom. The molecule has 0 radical (unpaired) electrons. The Kier molecular flexibility index (Phi) is 3.39. The van der Waals surface area contributed by atoms with Crippen molar-refractivity contribution in [3.8, 4) is 0 Å². The number of hydrazine groups is 1. The van der Waals surface area contributed by atoms with Crippen LogP contribution >= 0.6 is 12.4 Å². The fourth-order valence-electron chi connectivity index (χ4n) is 1.24. The number of nitrogens with one attached hydrogen (secondary N) is 1. The average Bonchev–Trinajstić information content (AvgIpc) is 2.25. The molecule has 0 saturated carbocycles. The highest BCUT2D eigenvalue weighted by molar-refractivity contribution is 7.44. The SMILES string of the molecule is Cl.S=[N+]1C=CCc2ccccc2N1. The van der Waals surface area contributed by atoms with Crippen LogP contribution in [0.25, 0.3) is 0 Å². The van der Waals surface area contributed by atoms with Crippen molar-refractivity contribution < 1.29 is 4.05 Å². The first-order valence-corrected chi connectivity index (χ1v) is 4.20. The summed E-state index contributed by atoms with van der Waals surface area (Å²) in [5.74, 6) is 0. The van der Waals surface area contributed by atoms with Gasteiger partial charge in [0.1, 0.15) is 5.69 Å². The van der Waals surface area contributed by atoms with E-state index < -0.39 is 0 Å². The van der Waals surface area contributed by atoms with Crippen molar-refractivity contribution in [2.45, 2.75) is 6.42 Å². The summed E-state index contributed by atoms with van der Waals surface area (Å²) in [6, 6.07) is 8.16. The molecule has 1 heterocycles. The number of halogens is 1. The third kappa shape index (κ3) is 2.26. The van der Waals surface area contributed by atoms with Gasteiger partial charge in [-0.2, -0.15) is 0 Å². The van der Waals surface area contributed by atoms with E-state index in [2.05, 4.69) is 11.5 Å². The number of fused-ring (bicyclic) bond motifs is 1.